The number of rotatable bonds is 4. The Morgan fingerprint density at radius 2 is 1.95 bits per heavy atom. The Morgan fingerprint density at radius 1 is 1.32 bits per heavy atom. The van der Waals surface area contributed by atoms with Crippen LogP contribution in [0.15, 0.2) is 41.0 Å². The van der Waals surface area contributed by atoms with Gasteiger partial charge in [-0.2, -0.15) is 0 Å². The fourth-order valence-corrected chi connectivity index (χ4v) is 2.09. The molecule has 19 heavy (non-hydrogen) atoms. The number of hydrogen-bond acceptors (Lipinski definition) is 2. The Kier molecular flexibility index (Phi) is 3.71. The number of halogens is 3. The van der Waals surface area contributed by atoms with Crippen molar-refractivity contribution in [2.75, 3.05) is 0 Å². The molecule has 100 valence electrons. The van der Waals surface area contributed by atoms with E-state index >= 15 is 0 Å². The molecule has 0 amide bonds. The van der Waals surface area contributed by atoms with Crippen molar-refractivity contribution in [2.24, 2.45) is 0 Å². The predicted octanol–water partition coefficient (Wildman–Crippen LogP) is 3.82. The summed E-state index contributed by atoms with van der Waals surface area (Å²) in [6.07, 6.45) is 1.59. The molecule has 2 nitrogen and oxygen atoms in total. The van der Waals surface area contributed by atoms with Gasteiger partial charge in [0.15, 0.2) is 0 Å². The van der Waals surface area contributed by atoms with Gasteiger partial charge in [-0.1, -0.05) is 0 Å². The topological polar surface area (TPSA) is 30.2 Å². The summed E-state index contributed by atoms with van der Waals surface area (Å²) in [7, 11) is 0. The maximum atomic E-state index is 13.3. The summed E-state index contributed by atoms with van der Waals surface area (Å²) in [5.41, 5.74) is -1.07. The first-order chi connectivity index (χ1) is 8.91. The molecule has 1 unspecified atom stereocenters. The second kappa shape index (κ2) is 5.13. The highest BCUT2D eigenvalue weighted by Gasteiger charge is 2.36. The maximum absolute atomic E-state index is 13.3. The Bertz CT molecular complexity index is 575. The Morgan fingerprint density at radius 3 is 2.42 bits per heavy atom. The summed E-state index contributed by atoms with van der Waals surface area (Å²) in [6.45, 7) is 1.53. The number of carbonyl (C=O) groups is 1. The summed E-state index contributed by atoms with van der Waals surface area (Å²) in [6, 6.07) is 6.29. The molecule has 0 saturated carbocycles. The third kappa shape index (κ3) is 2.84. The van der Waals surface area contributed by atoms with Crippen molar-refractivity contribution in [1.82, 2.24) is 0 Å². The molecule has 0 radical (unpaired) electrons. The van der Waals surface area contributed by atoms with Crippen LogP contribution in [0.2, 0.25) is 0 Å². The molecule has 1 aromatic carbocycles. The fraction of sp³-hybridized carbons (Fsp3) is 0.214. The first kappa shape index (κ1) is 13.7. The van der Waals surface area contributed by atoms with E-state index in [2.05, 4.69) is 0 Å². The van der Waals surface area contributed by atoms with Crippen molar-refractivity contribution in [3.05, 3.63) is 59.6 Å². The molecular formula is C14H11ClF2O2. The summed E-state index contributed by atoms with van der Waals surface area (Å²) in [5.74, 6) is -0.988. The second-order valence-electron chi connectivity index (χ2n) is 4.52. The average molecular weight is 285 g/mol. The molecule has 1 aromatic heterocycles. The minimum atomic E-state index is -1.25. The zero-order chi connectivity index (χ0) is 14.0. The van der Waals surface area contributed by atoms with Crippen LogP contribution in [0, 0.1) is 11.6 Å². The van der Waals surface area contributed by atoms with E-state index < -0.39 is 22.3 Å². The molecule has 0 fully saturated rings. The van der Waals surface area contributed by atoms with Crippen LogP contribution in [-0.4, -0.2) is 5.24 Å². The van der Waals surface area contributed by atoms with Crippen molar-refractivity contribution in [3.8, 4) is 0 Å². The van der Waals surface area contributed by atoms with E-state index in [0.717, 1.165) is 18.2 Å². The highest BCUT2D eigenvalue weighted by atomic mass is 35.5. The first-order valence-corrected chi connectivity index (χ1v) is 5.98. The molecule has 2 aromatic rings. The van der Waals surface area contributed by atoms with Gasteiger partial charge in [-0.25, -0.2) is 8.78 Å². The van der Waals surface area contributed by atoms with Crippen LogP contribution in [-0.2, 0) is 16.6 Å². The van der Waals surface area contributed by atoms with E-state index in [1.54, 1.807) is 12.1 Å². The van der Waals surface area contributed by atoms with Gasteiger partial charge in [0.2, 0.25) is 5.24 Å². The number of benzene rings is 1. The van der Waals surface area contributed by atoms with E-state index in [4.69, 9.17) is 16.0 Å². The Labute approximate surface area is 114 Å². The van der Waals surface area contributed by atoms with Crippen LogP contribution in [0.4, 0.5) is 8.78 Å². The smallest absolute Gasteiger partial charge is 0.232 e. The molecule has 1 heterocycles. The van der Waals surface area contributed by atoms with Crippen molar-refractivity contribution in [1.29, 1.82) is 0 Å². The van der Waals surface area contributed by atoms with Crippen LogP contribution >= 0.6 is 11.6 Å². The number of carbonyl (C=O) groups excluding carboxylic acids is 1. The van der Waals surface area contributed by atoms with Gasteiger partial charge < -0.3 is 4.42 Å². The molecule has 0 aliphatic rings. The maximum Gasteiger partial charge on any atom is 0.232 e. The van der Waals surface area contributed by atoms with E-state index in [1.165, 1.54) is 13.2 Å². The summed E-state index contributed by atoms with van der Waals surface area (Å²) >= 11 is 5.62. The van der Waals surface area contributed by atoms with Gasteiger partial charge in [0, 0.05) is 12.5 Å². The lowest BCUT2D eigenvalue weighted by Gasteiger charge is -2.25. The Hall–Kier alpha value is -1.68. The molecule has 2 rings (SSSR count). The fourth-order valence-electron chi connectivity index (χ4n) is 1.92. The quantitative estimate of drug-likeness (QED) is 0.799. The standard InChI is InChI=1S/C14H11ClF2O2/c1-14(13(15)18,8-12-3-2-4-19-12)9-5-10(16)7-11(17)6-9/h2-7H,8H2,1H3. The van der Waals surface area contributed by atoms with Gasteiger partial charge in [-0.15, -0.1) is 0 Å². The van der Waals surface area contributed by atoms with E-state index in [-0.39, 0.29) is 12.0 Å². The molecule has 0 aliphatic carbocycles. The lowest BCUT2D eigenvalue weighted by atomic mass is 9.80. The highest BCUT2D eigenvalue weighted by Crippen LogP contribution is 2.32. The van der Waals surface area contributed by atoms with Gasteiger partial charge >= 0.3 is 0 Å². The van der Waals surface area contributed by atoms with Crippen LogP contribution in [0.3, 0.4) is 0 Å². The molecule has 0 spiro atoms. The minimum absolute atomic E-state index is 0.130. The highest BCUT2D eigenvalue weighted by molar-refractivity contribution is 6.65. The normalized spacial score (nSPS) is 14.1. The third-order valence-corrected chi connectivity index (χ3v) is 3.46. The first-order valence-electron chi connectivity index (χ1n) is 5.61. The largest absolute Gasteiger partial charge is 0.469 e. The van der Waals surface area contributed by atoms with Gasteiger partial charge in [0.1, 0.15) is 17.4 Å². The number of hydrogen-bond donors (Lipinski definition) is 0. The molecule has 0 saturated heterocycles. The molecule has 0 N–H and O–H groups in total. The van der Waals surface area contributed by atoms with Crippen molar-refractivity contribution in [2.45, 2.75) is 18.8 Å². The SMILES string of the molecule is CC(Cc1ccco1)(C(=O)Cl)c1cc(F)cc(F)c1. The zero-order valence-electron chi connectivity index (χ0n) is 10.1. The monoisotopic (exact) mass is 284 g/mol. The third-order valence-electron chi connectivity index (χ3n) is 3.04. The van der Waals surface area contributed by atoms with E-state index in [1.807, 2.05) is 0 Å². The summed E-state index contributed by atoms with van der Waals surface area (Å²) < 4.78 is 31.7. The van der Waals surface area contributed by atoms with Crippen LogP contribution in [0.25, 0.3) is 0 Å². The predicted molar refractivity (Wildman–Crippen MR) is 67.0 cm³/mol. The summed E-state index contributed by atoms with van der Waals surface area (Å²) in [4.78, 5) is 11.7. The van der Waals surface area contributed by atoms with Gasteiger partial charge in [-0.3, -0.25) is 4.79 Å². The Balaban J connectivity index is 2.46. The van der Waals surface area contributed by atoms with Crippen molar-refractivity contribution in [3.63, 3.8) is 0 Å². The van der Waals surface area contributed by atoms with Gasteiger partial charge in [-0.05, 0) is 48.4 Å². The van der Waals surface area contributed by atoms with Crippen LogP contribution in [0.1, 0.15) is 18.2 Å². The number of furan rings is 1. The molecule has 0 aliphatic heterocycles. The van der Waals surface area contributed by atoms with Crippen LogP contribution in [0.5, 0.6) is 0 Å². The molecule has 1 atom stereocenters. The van der Waals surface area contributed by atoms with Crippen LogP contribution < -0.4 is 0 Å². The van der Waals surface area contributed by atoms with E-state index in [0.29, 0.717) is 5.76 Å². The summed E-state index contributed by atoms with van der Waals surface area (Å²) in [5, 5.41) is -0.700. The molecule has 0 bridgehead atoms. The lowest BCUT2D eigenvalue weighted by molar-refractivity contribution is -0.116. The molecular weight excluding hydrogens is 274 g/mol. The van der Waals surface area contributed by atoms with Crippen molar-refractivity contribution < 1.29 is 18.0 Å². The zero-order valence-corrected chi connectivity index (χ0v) is 10.9. The van der Waals surface area contributed by atoms with Crippen molar-refractivity contribution >= 4 is 16.8 Å². The minimum Gasteiger partial charge on any atom is -0.469 e. The van der Waals surface area contributed by atoms with E-state index in [9.17, 15) is 13.6 Å². The lowest BCUT2D eigenvalue weighted by Crippen LogP contribution is -2.32. The average Bonchev–Trinajstić information content (AvgIpc) is 2.79. The van der Waals surface area contributed by atoms with Gasteiger partial charge in [0.05, 0.1) is 11.7 Å². The molecule has 5 heteroatoms. The second-order valence-corrected chi connectivity index (χ2v) is 4.86. The van der Waals surface area contributed by atoms with Gasteiger partial charge in [0.25, 0.3) is 0 Å².